The zero-order valence-corrected chi connectivity index (χ0v) is 11.3. The van der Waals surface area contributed by atoms with Gasteiger partial charge in [0.15, 0.2) is 0 Å². The number of nitrogens with zero attached hydrogens (tertiary/aromatic N) is 1. The molecule has 0 saturated carbocycles. The highest BCUT2D eigenvalue weighted by Gasteiger charge is 2.05. The average molecular weight is 254 g/mol. The van der Waals surface area contributed by atoms with Crippen LogP contribution in [0.4, 0.5) is 5.69 Å². The van der Waals surface area contributed by atoms with Crippen molar-refractivity contribution in [3.05, 3.63) is 59.4 Å². The Kier molecular flexibility index (Phi) is 4.29. The molecule has 0 unspecified atom stereocenters. The van der Waals surface area contributed by atoms with Crippen LogP contribution in [0.15, 0.2) is 42.7 Å². The zero-order valence-electron chi connectivity index (χ0n) is 11.3. The minimum Gasteiger partial charge on any atom is -0.326 e. The molecule has 0 radical (unpaired) electrons. The summed E-state index contributed by atoms with van der Waals surface area (Å²) in [6, 6.07) is 9.93. The highest BCUT2D eigenvalue weighted by Crippen LogP contribution is 2.16. The standard InChI is InChI=1S/C16H18N2O/c1-12-5-6-13(2)15(10-12)18-16(19)8-7-14-4-3-9-17-11-14/h3-6,9-11H,7-8H2,1-2H3,(H,18,19). The fraction of sp³-hybridized carbons (Fsp3) is 0.250. The van der Waals surface area contributed by atoms with Gasteiger partial charge < -0.3 is 5.32 Å². The smallest absolute Gasteiger partial charge is 0.224 e. The van der Waals surface area contributed by atoms with Crippen LogP contribution in [0.5, 0.6) is 0 Å². The molecule has 0 fully saturated rings. The van der Waals surface area contributed by atoms with E-state index in [0.29, 0.717) is 12.8 Å². The number of amides is 1. The molecule has 2 rings (SSSR count). The summed E-state index contributed by atoms with van der Waals surface area (Å²) >= 11 is 0. The van der Waals surface area contributed by atoms with Crippen LogP contribution in [0.2, 0.25) is 0 Å². The molecule has 1 aromatic heterocycles. The minimum atomic E-state index is 0.0394. The summed E-state index contributed by atoms with van der Waals surface area (Å²) in [4.78, 5) is 16.0. The highest BCUT2D eigenvalue weighted by molar-refractivity contribution is 5.91. The number of anilines is 1. The predicted molar refractivity (Wildman–Crippen MR) is 77.1 cm³/mol. The van der Waals surface area contributed by atoms with E-state index in [4.69, 9.17) is 0 Å². The van der Waals surface area contributed by atoms with Gasteiger partial charge in [-0.25, -0.2) is 0 Å². The first-order valence-electron chi connectivity index (χ1n) is 6.41. The third kappa shape index (κ3) is 3.91. The lowest BCUT2D eigenvalue weighted by molar-refractivity contribution is -0.116. The van der Waals surface area contributed by atoms with Gasteiger partial charge in [-0.1, -0.05) is 18.2 Å². The van der Waals surface area contributed by atoms with Crippen LogP contribution >= 0.6 is 0 Å². The van der Waals surface area contributed by atoms with Gasteiger partial charge in [-0.15, -0.1) is 0 Å². The molecule has 3 heteroatoms. The summed E-state index contributed by atoms with van der Waals surface area (Å²) in [5.74, 6) is 0.0394. The lowest BCUT2D eigenvalue weighted by Crippen LogP contribution is -2.13. The van der Waals surface area contributed by atoms with Crippen LogP contribution in [0.25, 0.3) is 0 Å². The molecule has 0 aliphatic heterocycles. The number of hydrogen-bond donors (Lipinski definition) is 1. The maximum absolute atomic E-state index is 11.9. The van der Waals surface area contributed by atoms with Crippen molar-refractivity contribution in [2.45, 2.75) is 26.7 Å². The number of carbonyl (C=O) groups excluding carboxylic acids is 1. The molecule has 1 amide bonds. The average Bonchev–Trinajstić information content (AvgIpc) is 2.42. The van der Waals surface area contributed by atoms with E-state index in [9.17, 15) is 4.79 Å². The minimum absolute atomic E-state index is 0.0394. The van der Waals surface area contributed by atoms with Crippen LogP contribution < -0.4 is 5.32 Å². The van der Waals surface area contributed by atoms with E-state index >= 15 is 0 Å². The number of rotatable bonds is 4. The van der Waals surface area contributed by atoms with Crippen molar-refractivity contribution in [2.75, 3.05) is 5.32 Å². The van der Waals surface area contributed by atoms with Gasteiger partial charge in [-0.3, -0.25) is 9.78 Å². The number of benzene rings is 1. The zero-order chi connectivity index (χ0) is 13.7. The Labute approximate surface area is 113 Å². The third-order valence-corrected chi connectivity index (χ3v) is 3.03. The first-order chi connectivity index (χ1) is 9.15. The van der Waals surface area contributed by atoms with Crippen LogP contribution in [-0.4, -0.2) is 10.9 Å². The Hall–Kier alpha value is -2.16. The second-order valence-electron chi connectivity index (χ2n) is 4.73. The normalized spacial score (nSPS) is 10.2. The molecular weight excluding hydrogens is 236 g/mol. The van der Waals surface area contributed by atoms with Crippen LogP contribution in [0.3, 0.4) is 0 Å². The van der Waals surface area contributed by atoms with Gasteiger partial charge in [0.05, 0.1) is 0 Å². The van der Waals surface area contributed by atoms with Gasteiger partial charge in [0.25, 0.3) is 0 Å². The summed E-state index contributed by atoms with van der Waals surface area (Å²) in [6.07, 6.45) is 4.72. The molecule has 19 heavy (non-hydrogen) atoms. The molecule has 0 spiro atoms. The van der Waals surface area contributed by atoms with E-state index in [1.54, 1.807) is 12.4 Å². The van der Waals surface area contributed by atoms with Gasteiger partial charge >= 0.3 is 0 Å². The summed E-state index contributed by atoms with van der Waals surface area (Å²) in [7, 11) is 0. The monoisotopic (exact) mass is 254 g/mol. The Morgan fingerprint density at radius 2 is 2.11 bits per heavy atom. The largest absolute Gasteiger partial charge is 0.326 e. The number of carbonyl (C=O) groups is 1. The Morgan fingerprint density at radius 1 is 1.26 bits per heavy atom. The number of nitrogens with one attached hydrogen (secondary N) is 1. The van der Waals surface area contributed by atoms with Crippen molar-refractivity contribution in [3.8, 4) is 0 Å². The predicted octanol–water partition coefficient (Wildman–Crippen LogP) is 3.27. The van der Waals surface area contributed by atoms with E-state index in [-0.39, 0.29) is 5.91 Å². The molecule has 1 heterocycles. The van der Waals surface area contributed by atoms with Gasteiger partial charge in [-0.05, 0) is 49.1 Å². The van der Waals surface area contributed by atoms with Gasteiger partial charge in [0.2, 0.25) is 5.91 Å². The van der Waals surface area contributed by atoms with Crippen molar-refractivity contribution in [2.24, 2.45) is 0 Å². The quantitative estimate of drug-likeness (QED) is 0.909. The maximum atomic E-state index is 11.9. The van der Waals surface area contributed by atoms with Crippen molar-refractivity contribution in [1.29, 1.82) is 0 Å². The Morgan fingerprint density at radius 3 is 2.84 bits per heavy atom. The molecule has 98 valence electrons. The summed E-state index contributed by atoms with van der Waals surface area (Å²) < 4.78 is 0. The van der Waals surface area contributed by atoms with Crippen LogP contribution in [0, 0.1) is 13.8 Å². The first kappa shape index (κ1) is 13.3. The molecule has 3 nitrogen and oxygen atoms in total. The Bertz CT molecular complexity index is 564. The van der Waals surface area contributed by atoms with E-state index in [1.165, 1.54) is 0 Å². The molecule has 0 bridgehead atoms. The lowest BCUT2D eigenvalue weighted by Gasteiger charge is -2.09. The van der Waals surface area contributed by atoms with Crippen molar-refractivity contribution >= 4 is 11.6 Å². The maximum Gasteiger partial charge on any atom is 0.224 e. The fourth-order valence-corrected chi connectivity index (χ4v) is 1.89. The fourth-order valence-electron chi connectivity index (χ4n) is 1.89. The van der Waals surface area contributed by atoms with E-state index in [0.717, 1.165) is 22.4 Å². The van der Waals surface area contributed by atoms with E-state index < -0.39 is 0 Å². The Balaban J connectivity index is 1.93. The van der Waals surface area contributed by atoms with Crippen molar-refractivity contribution in [3.63, 3.8) is 0 Å². The third-order valence-electron chi connectivity index (χ3n) is 3.03. The number of aryl methyl sites for hydroxylation is 3. The molecule has 1 aromatic carbocycles. The van der Waals surface area contributed by atoms with Crippen LogP contribution in [0.1, 0.15) is 23.1 Å². The van der Waals surface area contributed by atoms with Gasteiger partial charge in [0, 0.05) is 24.5 Å². The molecule has 0 atom stereocenters. The van der Waals surface area contributed by atoms with E-state index in [2.05, 4.69) is 10.3 Å². The first-order valence-corrected chi connectivity index (χ1v) is 6.41. The molecule has 0 aliphatic carbocycles. The van der Waals surface area contributed by atoms with Crippen LogP contribution in [-0.2, 0) is 11.2 Å². The highest BCUT2D eigenvalue weighted by atomic mass is 16.1. The SMILES string of the molecule is Cc1ccc(C)c(NC(=O)CCc2cccnc2)c1. The molecule has 1 N–H and O–H groups in total. The van der Waals surface area contributed by atoms with Crippen molar-refractivity contribution in [1.82, 2.24) is 4.98 Å². The molecule has 0 saturated heterocycles. The lowest BCUT2D eigenvalue weighted by atomic mass is 10.1. The molecule has 0 aliphatic rings. The van der Waals surface area contributed by atoms with Crippen molar-refractivity contribution < 1.29 is 4.79 Å². The summed E-state index contributed by atoms with van der Waals surface area (Å²) in [5, 5.41) is 2.96. The van der Waals surface area contributed by atoms with Gasteiger partial charge in [0.1, 0.15) is 0 Å². The topological polar surface area (TPSA) is 42.0 Å². The number of aromatic nitrogens is 1. The second kappa shape index (κ2) is 6.14. The second-order valence-corrected chi connectivity index (χ2v) is 4.73. The number of pyridine rings is 1. The summed E-state index contributed by atoms with van der Waals surface area (Å²) in [5.41, 5.74) is 4.21. The molecule has 2 aromatic rings. The van der Waals surface area contributed by atoms with E-state index in [1.807, 2.05) is 44.2 Å². The van der Waals surface area contributed by atoms with Gasteiger partial charge in [-0.2, -0.15) is 0 Å². The summed E-state index contributed by atoms with van der Waals surface area (Å²) in [6.45, 7) is 4.01. The number of hydrogen-bond acceptors (Lipinski definition) is 2. The molecular formula is C16H18N2O.